The molecule has 0 radical (unpaired) electrons. The molecule has 1 fully saturated rings. The summed E-state index contributed by atoms with van der Waals surface area (Å²) in [5.74, 6) is -2.25. The highest BCUT2D eigenvalue weighted by molar-refractivity contribution is 7.89. The van der Waals surface area contributed by atoms with E-state index in [1.165, 1.54) is 13.8 Å². The molecule has 1 aliphatic heterocycles. The Balaban J connectivity index is 2.43. The van der Waals surface area contributed by atoms with Gasteiger partial charge in [-0.2, -0.15) is 4.31 Å². The van der Waals surface area contributed by atoms with Crippen LogP contribution in [0.4, 0.5) is 0 Å². The van der Waals surface area contributed by atoms with Gasteiger partial charge in [0.2, 0.25) is 16.8 Å². The van der Waals surface area contributed by atoms with Crippen LogP contribution in [0.5, 0.6) is 0 Å². The molecule has 9 heteroatoms. The predicted octanol–water partition coefficient (Wildman–Crippen LogP) is -0.123. The van der Waals surface area contributed by atoms with E-state index in [1.54, 1.807) is 0 Å². The number of nitrogens with one attached hydrogen (secondary N) is 1. The average Bonchev–Trinajstić information content (AvgIpc) is 2.82. The Hall–Kier alpha value is -1.87. The summed E-state index contributed by atoms with van der Waals surface area (Å²) in [6.07, 6.45) is 0. The fourth-order valence-corrected chi connectivity index (χ4v) is 3.65. The number of aromatic carboxylic acids is 1. The summed E-state index contributed by atoms with van der Waals surface area (Å²) < 4.78 is 30.7. The van der Waals surface area contributed by atoms with Crippen molar-refractivity contribution in [3.63, 3.8) is 0 Å². The van der Waals surface area contributed by atoms with E-state index in [2.05, 4.69) is 5.32 Å². The third-order valence-corrected chi connectivity index (χ3v) is 5.06. The summed E-state index contributed by atoms with van der Waals surface area (Å²) >= 11 is 0. The summed E-state index contributed by atoms with van der Waals surface area (Å²) in [7, 11) is -4.07. The Morgan fingerprint density at radius 1 is 1.45 bits per heavy atom. The number of hydrogen-bond acceptors (Lipinski definition) is 5. The molecule has 0 aromatic carbocycles. The molecule has 2 heterocycles. The number of carbonyl (C=O) groups is 2. The van der Waals surface area contributed by atoms with Gasteiger partial charge in [0.1, 0.15) is 5.54 Å². The first-order valence-electron chi connectivity index (χ1n) is 5.81. The highest BCUT2D eigenvalue weighted by Gasteiger charge is 2.46. The Kier molecular flexibility index (Phi) is 3.34. The van der Waals surface area contributed by atoms with Crippen molar-refractivity contribution < 1.29 is 27.5 Å². The third-order valence-electron chi connectivity index (χ3n) is 3.12. The van der Waals surface area contributed by atoms with E-state index in [4.69, 9.17) is 9.52 Å². The second kappa shape index (κ2) is 4.60. The van der Waals surface area contributed by atoms with E-state index < -0.39 is 38.3 Å². The molecule has 8 nitrogen and oxygen atoms in total. The largest absolute Gasteiger partial charge is 0.475 e. The Bertz CT molecular complexity index is 660. The number of furan rings is 1. The Labute approximate surface area is 115 Å². The lowest BCUT2D eigenvalue weighted by molar-refractivity contribution is -0.131. The van der Waals surface area contributed by atoms with Gasteiger partial charge in [-0.15, -0.1) is 0 Å². The highest BCUT2D eigenvalue weighted by atomic mass is 32.2. The van der Waals surface area contributed by atoms with Crippen LogP contribution in [0.25, 0.3) is 0 Å². The SMILES string of the molecule is CC1(C)C(=O)NCCN1S(=O)(=O)c1ccc(C(=O)O)o1. The topological polar surface area (TPSA) is 117 Å². The fourth-order valence-electron chi connectivity index (χ4n) is 1.98. The minimum Gasteiger partial charge on any atom is -0.475 e. The predicted molar refractivity (Wildman–Crippen MR) is 66.6 cm³/mol. The number of carbonyl (C=O) groups excluding carboxylic acids is 1. The molecule has 1 aliphatic rings. The molecule has 0 bridgehead atoms. The number of rotatable bonds is 3. The number of piperazine rings is 1. The van der Waals surface area contributed by atoms with E-state index >= 15 is 0 Å². The van der Waals surface area contributed by atoms with Gasteiger partial charge in [0.25, 0.3) is 10.0 Å². The van der Waals surface area contributed by atoms with Crippen LogP contribution in [-0.4, -0.2) is 48.3 Å². The zero-order chi connectivity index (χ0) is 15.1. The smallest absolute Gasteiger partial charge is 0.371 e. The van der Waals surface area contributed by atoms with Gasteiger partial charge in [0.05, 0.1) is 0 Å². The quantitative estimate of drug-likeness (QED) is 0.803. The number of amides is 1. The van der Waals surface area contributed by atoms with Crippen LogP contribution >= 0.6 is 0 Å². The van der Waals surface area contributed by atoms with Gasteiger partial charge in [-0.05, 0) is 26.0 Å². The number of carboxylic acid groups (broad SMARTS) is 1. The first-order chi connectivity index (χ1) is 9.17. The van der Waals surface area contributed by atoms with Crippen LogP contribution in [0, 0.1) is 0 Å². The van der Waals surface area contributed by atoms with Gasteiger partial charge in [-0.1, -0.05) is 0 Å². The van der Waals surface area contributed by atoms with E-state index in [1.807, 2.05) is 0 Å². The van der Waals surface area contributed by atoms with E-state index in [9.17, 15) is 18.0 Å². The van der Waals surface area contributed by atoms with Crippen LogP contribution in [0.15, 0.2) is 21.6 Å². The molecule has 2 rings (SSSR count). The Morgan fingerprint density at radius 3 is 2.65 bits per heavy atom. The lowest BCUT2D eigenvalue weighted by atomic mass is 10.0. The van der Waals surface area contributed by atoms with Crippen LogP contribution in [0.2, 0.25) is 0 Å². The maximum Gasteiger partial charge on any atom is 0.371 e. The van der Waals surface area contributed by atoms with Crippen LogP contribution in [0.3, 0.4) is 0 Å². The number of hydrogen-bond donors (Lipinski definition) is 2. The average molecular weight is 302 g/mol. The van der Waals surface area contributed by atoms with Crippen molar-refractivity contribution in [1.82, 2.24) is 9.62 Å². The monoisotopic (exact) mass is 302 g/mol. The minimum atomic E-state index is -4.07. The maximum absolute atomic E-state index is 12.4. The molecule has 20 heavy (non-hydrogen) atoms. The first kappa shape index (κ1) is 14.5. The molecule has 0 aliphatic carbocycles. The van der Waals surface area contributed by atoms with Crippen molar-refractivity contribution in [3.8, 4) is 0 Å². The molecule has 1 amide bonds. The maximum atomic E-state index is 12.4. The molecular formula is C11H14N2O6S. The van der Waals surface area contributed by atoms with Crippen molar-refractivity contribution in [1.29, 1.82) is 0 Å². The molecule has 0 atom stereocenters. The van der Waals surface area contributed by atoms with Gasteiger partial charge in [0, 0.05) is 13.1 Å². The van der Waals surface area contributed by atoms with Gasteiger partial charge >= 0.3 is 5.97 Å². The van der Waals surface area contributed by atoms with E-state index in [-0.39, 0.29) is 13.1 Å². The second-order valence-corrected chi connectivity index (χ2v) is 6.61. The minimum absolute atomic E-state index is 0.0875. The zero-order valence-corrected chi connectivity index (χ0v) is 11.7. The summed E-state index contributed by atoms with van der Waals surface area (Å²) in [5.41, 5.74) is -1.27. The zero-order valence-electron chi connectivity index (χ0n) is 10.9. The van der Waals surface area contributed by atoms with Crippen LogP contribution in [-0.2, 0) is 14.8 Å². The first-order valence-corrected chi connectivity index (χ1v) is 7.25. The summed E-state index contributed by atoms with van der Waals surface area (Å²) in [4.78, 5) is 22.5. The van der Waals surface area contributed by atoms with Gasteiger partial charge in [0.15, 0.2) is 0 Å². The normalized spacial score (nSPS) is 19.6. The van der Waals surface area contributed by atoms with Gasteiger partial charge in [-0.3, -0.25) is 4.79 Å². The second-order valence-electron chi connectivity index (χ2n) is 4.82. The van der Waals surface area contributed by atoms with Crippen molar-refractivity contribution in [3.05, 3.63) is 17.9 Å². The number of nitrogens with zero attached hydrogens (tertiary/aromatic N) is 1. The lowest BCUT2D eigenvalue weighted by Crippen LogP contribution is -2.63. The van der Waals surface area contributed by atoms with Gasteiger partial charge in [-0.25, -0.2) is 13.2 Å². The Morgan fingerprint density at radius 2 is 2.10 bits per heavy atom. The van der Waals surface area contributed by atoms with Crippen LogP contribution in [0.1, 0.15) is 24.4 Å². The van der Waals surface area contributed by atoms with Crippen molar-refractivity contribution in [2.24, 2.45) is 0 Å². The molecule has 1 saturated heterocycles. The summed E-state index contributed by atoms with van der Waals surface area (Å²) in [6.45, 7) is 3.22. The number of carboxylic acids is 1. The molecule has 1 aromatic heterocycles. The van der Waals surface area contributed by atoms with E-state index in [0.29, 0.717) is 0 Å². The van der Waals surface area contributed by atoms with Crippen molar-refractivity contribution in [2.45, 2.75) is 24.5 Å². The lowest BCUT2D eigenvalue weighted by Gasteiger charge is -2.39. The third kappa shape index (κ3) is 2.18. The molecule has 0 saturated carbocycles. The summed E-state index contributed by atoms with van der Waals surface area (Å²) in [6, 6.07) is 2.13. The number of sulfonamides is 1. The van der Waals surface area contributed by atoms with Crippen molar-refractivity contribution >= 4 is 21.9 Å². The molecule has 0 unspecified atom stereocenters. The molecule has 110 valence electrons. The van der Waals surface area contributed by atoms with Crippen molar-refractivity contribution in [2.75, 3.05) is 13.1 Å². The molecular weight excluding hydrogens is 288 g/mol. The molecule has 2 N–H and O–H groups in total. The fraction of sp³-hybridized carbons (Fsp3) is 0.455. The van der Waals surface area contributed by atoms with Gasteiger partial charge < -0.3 is 14.8 Å². The standard InChI is InChI=1S/C11H14N2O6S/c1-11(2)10(16)12-5-6-13(11)20(17,18)8-4-3-7(19-8)9(14)15/h3-4H,5-6H2,1-2H3,(H,12,16)(H,14,15). The molecule has 0 spiro atoms. The summed E-state index contributed by atoms with van der Waals surface area (Å²) in [5, 5.41) is 10.8. The van der Waals surface area contributed by atoms with Crippen LogP contribution < -0.4 is 5.32 Å². The molecule has 1 aromatic rings. The van der Waals surface area contributed by atoms with E-state index in [0.717, 1.165) is 16.4 Å². The highest BCUT2D eigenvalue weighted by Crippen LogP contribution is 2.27.